The summed E-state index contributed by atoms with van der Waals surface area (Å²) in [6, 6.07) is 5.33. The van der Waals surface area contributed by atoms with Gasteiger partial charge in [-0.3, -0.25) is 4.79 Å². The summed E-state index contributed by atoms with van der Waals surface area (Å²) in [5.74, 6) is 0.731. The quantitative estimate of drug-likeness (QED) is 0.669. The van der Waals surface area contributed by atoms with Crippen LogP contribution in [0.1, 0.15) is 25.3 Å². The Morgan fingerprint density at radius 3 is 2.79 bits per heavy atom. The number of carbonyl (C=O) groups excluding carboxylic acids is 1. The van der Waals surface area contributed by atoms with Gasteiger partial charge in [0, 0.05) is 28.7 Å². The number of benzene rings is 1. The van der Waals surface area contributed by atoms with Gasteiger partial charge in [-0.25, -0.2) is 8.42 Å². The van der Waals surface area contributed by atoms with Crippen molar-refractivity contribution in [2.75, 3.05) is 25.2 Å². The molecule has 0 N–H and O–H groups in total. The van der Waals surface area contributed by atoms with Crippen LogP contribution in [0.4, 0.5) is 0 Å². The average Bonchev–Trinajstić information content (AvgIpc) is 2.90. The van der Waals surface area contributed by atoms with Crippen LogP contribution in [0.3, 0.4) is 0 Å². The summed E-state index contributed by atoms with van der Waals surface area (Å²) in [5, 5.41) is 0. The number of rotatable bonds is 6. The van der Waals surface area contributed by atoms with Gasteiger partial charge in [0.25, 0.3) is 0 Å². The summed E-state index contributed by atoms with van der Waals surface area (Å²) in [7, 11) is -1.44. The number of ether oxygens (including phenoxy) is 1. The summed E-state index contributed by atoms with van der Waals surface area (Å²) < 4.78 is 29.6. The first-order valence-corrected chi connectivity index (χ1v) is 10.5. The Morgan fingerprint density at radius 2 is 2.21 bits per heavy atom. The largest absolute Gasteiger partial charge is 0.496 e. The lowest BCUT2D eigenvalue weighted by Gasteiger charge is -2.26. The van der Waals surface area contributed by atoms with Gasteiger partial charge in [-0.2, -0.15) is 0 Å². The smallest absolute Gasteiger partial charge is 0.246 e. The predicted octanol–water partition coefficient (Wildman–Crippen LogP) is 2.90. The van der Waals surface area contributed by atoms with Gasteiger partial charge in [0.05, 0.1) is 18.6 Å². The molecular formula is C17H22BrNO4S. The first-order chi connectivity index (χ1) is 11.4. The molecule has 1 aromatic carbocycles. The van der Waals surface area contributed by atoms with Crippen molar-refractivity contribution < 1.29 is 17.9 Å². The van der Waals surface area contributed by atoms with Crippen LogP contribution in [0.15, 0.2) is 28.7 Å². The van der Waals surface area contributed by atoms with Gasteiger partial charge in [-0.1, -0.05) is 22.9 Å². The number of methoxy groups -OCH3 is 1. The summed E-state index contributed by atoms with van der Waals surface area (Å²) in [6.45, 7) is 2.53. The molecule has 0 bridgehead atoms. The average molecular weight is 416 g/mol. The fraction of sp³-hybridized carbons (Fsp3) is 0.471. The molecule has 1 aliphatic rings. The molecule has 5 nitrogen and oxygen atoms in total. The molecular weight excluding hydrogens is 394 g/mol. The number of halogens is 1. The van der Waals surface area contributed by atoms with Crippen LogP contribution >= 0.6 is 15.9 Å². The van der Waals surface area contributed by atoms with Crippen molar-refractivity contribution in [1.82, 2.24) is 4.90 Å². The fourth-order valence-corrected chi connectivity index (χ4v) is 4.94. The lowest BCUT2D eigenvalue weighted by atomic mass is 10.1. The van der Waals surface area contributed by atoms with E-state index in [0.717, 1.165) is 16.5 Å². The molecule has 1 aliphatic heterocycles. The van der Waals surface area contributed by atoms with Crippen molar-refractivity contribution in [3.63, 3.8) is 0 Å². The maximum absolute atomic E-state index is 12.6. The Kier molecular flexibility index (Phi) is 6.46. The minimum atomic E-state index is -3.02. The molecule has 2 rings (SSSR count). The van der Waals surface area contributed by atoms with E-state index in [1.807, 2.05) is 25.1 Å². The molecule has 1 saturated heterocycles. The van der Waals surface area contributed by atoms with Crippen LogP contribution < -0.4 is 4.74 Å². The predicted molar refractivity (Wildman–Crippen MR) is 98.8 cm³/mol. The van der Waals surface area contributed by atoms with Crippen LogP contribution in [0.25, 0.3) is 6.08 Å². The van der Waals surface area contributed by atoms with Gasteiger partial charge >= 0.3 is 0 Å². The van der Waals surface area contributed by atoms with Crippen LogP contribution in [0.2, 0.25) is 0 Å². The highest BCUT2D eigenvalue weighted by Gasteiger charge is 2.33. The molecule has 24 heavy (non-hydrogen) atoms. The topological polar surface area (TPSA) is 63.7 Å². The number of hydrogen-bond donors (Lipinski definition) is 0. The molecule has 0 aliphatic carbocycles. The molecule has 7 heteroatoms. The number of nitrogens with zero attached hydrogens (tertiary/aromatic N) is 1. The van der Waals surface area contributed by atoms with Crippen LogP contribution in [0, 0.1) is 0 Å². The van der Waals surface area contributed by atoms with E-state index >= 15 is 0 Å². The van der Waals surface area contributed by atoms with Gasteiger partial charge in [0.1, 0.15) is 5.75 Å². The minimum absolute atomic E-state index is 0.0623. The first-order valence-electron chi connectivity index (χ1n) is 7.89. The summed E-state index contributed by atoms with van der Waals surface area (Å²) in [4.78, 5) is 14.3. The number of sulfone groups is 1. The van der Waals surface area contributed by atoms with Crippen molar-refractivity contribution in [1.29, 1.82) is 0 Å². The number of amides is 1. The van der Waals surface area contributed by atoms with Gasteiger partial charge < -0.3 is 9.64 Å². The van der Waals surface area contributed by atoms with Gasteiger partial charge in [-0.15, -0.1) is 0 Å². The Morgan fingerprint density at radius 1 is 1.46 bits per heavy atom. The van der Waals surface area contributed by atoms with E-state index in [-0.39, 0.29) is 23.5 Å². The van der Waals surface area contributed by atoms with E-state index < -0.39 is 9.84 Å². The molecule has 0 aromatic heterocycles. The zero-order chi connectivity index (χ0) is 17.7. The maximum atomic E-state index is 12.6. The van der Waals surface area contributed by atoms with Crippen LogP contribution in [-0.4, -0.2) is 50.4 Å². The minimum Gasteiger partial charge on any atom is -0.496 e. The van der Waals surface area contributed by atoms with Crippen LogP contribution in [-0.2, 0) is 14.6 Å². The maximum Gasteiger partial charge on any atom is 0.246 e. The molecule has 1 atom stereocenters. The molecule has 0 saturated carbocycles. The first kappa shape index (κ1) is 19.0. The fourth-order valence-electron chi connectivity index (χ4n) is 2.83. The van der Waals surface area contributed by atoms with Crippen LogP contribution in [0.5, 0.6) is 5.75 Å². The summed E-state index contributed by atoms with van der Waals surface area (Å²) in [5.41, 5.74) is 0.788. The molecule has 0 radical (unpaired) electrons. The molecule has 1 amide bonds. The normalized spacial score (nSPS) is 19.5. The lowest BCUT2D eigenvalue weighted by molar-refractivity contribution is -0.127. The second-order valence-electron chi connectivity index (χ2n) is 5.81. The second-order valence-corrected chi connectivity index (χ2v) is 8.95. The third-order valence-electron chi connectivity index (χ3n) is 3.99. The van der Waals surface area contributed by atoms with E-state index in [1.54, 1.807) is 18.1 Å². The lowest BCUT2D eigenvalue weighted by Crippen LogP contribution is -2.40. The Labute approximate surface area is 151 Å². The highest BCUT2D eigenvalue weighted by molar-refractivity contribution is 9.10. The summed E-state index contributed by atoms with van der Waals surface area (Å²) >= 11 is 3.40. The third kappa shape index (κ3) is 4.83. The van der Waals surface area contributed by atoms with Crippen molar-refractivity contribution in [2.45, 2.75) is 25.8 Å². The number of carbonyl (C=O) groups is 1. The van der Waals surface area contributed by atoms with E-state index in [1.165, 1.54) is 6.08 Å². The van der Waals surface area contributed by atoms with E-state index in [2.05, 4.69) is 15.9 Å². The highest BCUT2D eigenvalue weighted by Crippen LogP contribution is 2.24. The Bertz CT molecular complexity index is 730. The van der Waals surface area contributed by atoms with Gasteiger partial charge in [0.15, 0.2) is 9.84 Å². The highest BCUT2D eigenvalue weighted by atomic mass is 79.9. The SMILES string of the molecule is CCCN(C(=O)C=Cc1cc(Br)ccc1OC)C1CCS(=O)(=O)C1. The molecule has 132 valence electrons. The molecule has 1 fully saturated rings. The van der Waals surface area contributed by atoms with Gasteiger partial charge in [0.2, 0.25) is 5.91 Å². The van der Waals surface area contributed by atoms with E-state index in [0.29, 0.717) is 18.7 Å². The molecule has 1 aromatic rings. The number of hydrogen-bond acceptors (Lipinski definition) is 4. The standard InChI is InChI=1S/C17H22BrNO4S/c1-3-9-19(15-8-10-24(21,22)12-15)17(20)7-4-13-11-14(18)5-6-16(13)23-2/h4-7,11,15H,3,8-10,12H2,1-2H3. The van der Waals surface area contributed by atoms with Crippen molar-refractivity contribution in [3.8, 4) is 5.75 Å². The Balaban J connectivity index is 2.17. The summed E-state index contributed by atoms with van der Waals surface area (Å²) in [6.07, 6.45) is 4.50. The monoisotopic (exact) mass is 415 g/mol. The molecule has 0 spiro atoms. The van der Waals surface area contributed by atoms with E-state index in [4.69, 9.17) is 4.74 Å². The Hall–Kier alpha value is -1.34. The second kappa shape index (κ2) is 8.16. The van der Waals surface area contributed by atoms with Crippen molar-refractivity contribution >= 4 is 37.8 Å². The van der Waals surface area contributed by atoms with Crippen molar-refractivity contribution in [3.05, 3.63) is 34.3 Å². The van der Waals surface area contributed by atoms with Crippen molar-refractivity contribution in [2.24, 2.45) is 0 Å². The van der Waals surface area contributed by atoms with E-state index in [9.17, 15) is 13.2 Å². The molecule has 1 unspecified atom stereocenters. The zero-order valence-electron chi connectivity index (χ0n) is 13.9. The third-order valence-corrected chi connectivity index (χ3v) is 6.24. The van der Waals surface area contributed by atoms with Gasteiger partial charge in [-0.05, 0) is 37.1 Å². The zero-order valence-corrected chi connectivity index (χ0v) is 16.3. The molecule has 1 heterocycles.